The number of hydrogen-bond donors (Lipinski definition) is 0. The van der Waals surface area contributed by atoms with E-state index in [0.717, 1.165) is 16.6 Å². The lowest BCUT2D eigenvalue weighted by atomic mass is 10.2. The maximum atomic E-state index is 9.34. The molecule has 0 aliphatic carbocycles. The number of aromatic nitrogens is 3. The molecule has 2 aromatic carbocycles. The van der Waals surface area contributed by atoms with Gasteiger partial charge in [-0.25, -0.2) is 4.68 Å². The highest BCUT2D eigenvalue weighted by Gasteiger charge is 2.07. The van der Waals surface area contributed by atoms with E-state index < -0.39 is 0 Å². The second-order valence-corrected chi connectivity index (χ2v) is 4.62. The van der Waals surface area contributed by atoms with Gasteiger partial charge in [0.05, 0.1) is 5.52 Å². The Balaban J connectivity index is 2.10. The molecule has 0 aliphatic heterocycles. The van der Waals surface area contributed by atoms with Crippen molar-refractivity contribution in [3.8, 4) is 6.07 Å². The number of rotatable bonds is 2. The number of para-hydroxylation sites is 1. The molecule has 4 nitrogen and oxygen atoms in total. The predicted molar refractivity (Wildman–Crippen MR) is 78.8 cm³/mol. The van der Waals surface area contributed by atoms with Gasteiger partial charge in [0.15, 0.2) is 0 Å². The molecule has 0 bridgehead atoms. The standard InChI is InChI=1S/C15H9ClN4/c16-12-7-5-11(6-8-12)9-13(10-17)20-15-4-2-1-3-14(15)18-19-20/h1-9H/b13-9+. The second kappa shape index (κ2) is 5.16. The van der Waals surface area contributed by atoms with Crippen LogP contribution in [0.2, 0.25) is 5.02 Å². The van der Waals surface area contributed by atoms with Crippen molar-refractivity contribution in [2.45, 2.75) is 0 Å². The summed E-state index contributed by atoms with van der Waals surface area (Å²) in [5.74, 6) is 0. The zero-order valence-electron chi connectivity index (χ0n) is 10.4. The maximum absolute atomic E-state index is 9.34. The van der Waals surface area contributed by atoms with Crippen LogP contribution in [0.15, 0.2) is 48.5 Å². The van der Waals surface area contributed by atoms with Crippen molar-refractivity contribution >= 4 is 34.4 Å². The molecule has 20 heavy (non-hydrogen) atoms. The van der Waals surface area contributed by atoms with Crippen molar-refractivity contribution in [2.24, 2.45) is 0 Å². The third kappa shape index (κ3) is 2.27. The number of nitrogens with zero attached hydrogens (tertiary/aromatic N) is 4. The van der Waals surface area contributed by atoms with Gasteiger partial charge in [-0.2, -0.15) is 5.26 Å². The summed E-state index contributed by atoms with van der Waals surface area (Å²) in [6.07, 6.45) is 1.75. The minimum absolute atomic E-state index is 0.404. The molecule has 0 N–H and O–H groups in total. The van der Waals surface area contributed by atoms with Crippen molar-refractivity contribution < 1.29 is 0 Å². The largest absolute Gasteiger partial charge is 0.202 e. The fraction of sp³-hybridized carbons (Fsp3) is 0. The van der Waals surface area contributed by atoms with Crippen molar-refractivity contribution in [1.29, 1.82) is 5.26 Å². The number of allylic oxidation sites excluding steroid dienone is 1. The van der Waals surface area contributed by atoms with Gasteiger partial charge in [0.1, 0.15) is 17.3 Å². The quantitative estimate of drug-likeness (QED) is 0.674. The van der Waals surface area contributed by atoms with Crippen LogP contribution in [0.5, 0.6) is 0 Å². The molecule has 3 rings (SSSR count). The van der Waals surface area contributed by atoms with Gasteiger partial charge in [0.2, 0.25) is 0 Å². The van der Waals surface area contributed by atoms with Crippen molar-refractivity contribution in [3.05, 3.63) is 59.1 Å². The number of fused-ring (bicyclic) bond motifs is 1. The summed E-state index contributed by atoms with van der Waals surface area (Å²) in [6.45, 7) is 0. The number of nitriles is 1. The molecule has 5 heteroatoms. The fourth-order valence-corrected chi connectivity index (χ4v) is 2.03. The van der Waals surface area contributed by atoms with Gasteiger partial charge in [-0.05, 0) is 35.9 Å². The Labute approximate surface area is 120 Å². The van der Waals surface area contributed by atoms with Crippen molar-refractivity contribution in [2.75, 3.05) is 0 Å². The van der Waals surface area contributed by atoms with Gasteiger partial charge >= 0.3 is 0 Å². The molecule has 1 heterocycles. The minimum atomic E-state index is 0.404. The topological polar surface area (TPSA) is 54.5 Å². The third-order valence-electron chi connectivity index (χ3n) is 2.87. The van der Waals surface area contributed by atoms with Crippen LogP contribution in [0.4, 0.5) is 0 Å². The Morgan fingerprint density at radius 2 is 1.90 bits per heavy atom. The van der Waals surface area contributed by atoms with Crippen LogP contribution in [0.25, 0.3) is 22.8 Å². The summed E-state index contributed by atoms with van der Waals surface area (Å²) >= 11 is 5.85. The Bertz CT molecular complexity index is 825. The van der Waals surface area contributed by atoms with Crippen molar-refractivity contribution in [1.82, 2.24) is 15.0 Å². The Morgan fingerprint density at radius 3 is 2.65 bits per heavy atom. The van der Waals surface area contributed by atoms with Gasteiger partial charge in [-0.15, -0.1) is 5.10 Å². The highest BCUT2D eigenvalue weighted by molar-refractivity contribution is 6.30. The van der Waals surface area contributed by atoms with Crippen LogP contribution in [0, 0.1) is 11.3 Å². The van der Waals surface area contributed by atoms with E-state index in [1.54, 1.807) is 18.2 Å². The first-order valence-corrected chi connectivity index (χ1v) is 6.34. The molecule has 1 aromatic heterocycles. The van der Waals surface area contributed by atoms with Gasteiger partial charge < -0.3 is 0 Å². The van der Waals surface area contributed by atoms with E-state index in [1.807, 2.05) is 36.4 Å². The highest BCUT2D eigenvalue weighted by Crippen LogP contribution is 2.18. The molecule has 3 aromatic rings. The normalized spacial score (nSPS) is 11.5. The van der Waals surface area contributed by atoms with E-state index in [1.165, 1.54) is 4.68 Å². The molecule has 0 radical (unpaired) electrons. The first-order chi connectivity index (χ1) is 9.78. The Kier molecular flexibility index (Phi) is 3.20. The van der Waals surface area contributed by atoms with Gasteiger partial charge in [0, 0.05) is 5.02 Å². The fourth-order valence-electron chi connectivity index (χ4n) is 1.90. The molecule has 0 spiro atoms. The van der Waals surface area contributed by atoms with E-state index in [4.69, 9.17) is 11.6 Å². The first kappa shape index (κ1) is 12.4. The average Bonchev–Trinajstić information content (AvgIpc) is 2.91. The molecule has 0 aliphatic rings. The summed E-state index contributed by atoms with van der Waals surface area (Å²) in [7, 11) is 0. The molecule has 0 atom stereocenters. The first-order valence-electron chi connectivity index (χ1n) is 5.96. The number of benzene rings is 2. The van der Waals surface area contributed by atoms with Crippen LogP contribution in [-0.4, -0.2) is 15.0 Å². The predicted octanol–water partition coefficient (Wildman–Crippen LogP) is 3.61. The Hall–Kier alpha value is -2.64. The van der Waals surface area contributed by atoms with E-state index in [-0.39, 0.29) is 0 Å². The molecule has 0 saturated carbocycles. The van der Waals surface area contributed by atoms with Crippen LogP contribution >= 0.6 is 11.6 Å². The van der Waals surface area contributed by atoms with E-state index >= 15 is 0 Å². The minimum Gasteiger partial charge on any atom is -0.202 e. The van der Waals surface area contributed by atoms with E-state index in [9.17, 15) is 5.26 Å². The van der Waals surface area contributed by atoms with Crippen LogP contribution in [0.3, 0.4) is 0 Å². The van der Waals surface area contributed by atoms with Crippen LogP contribution in [0.1, 0.15) is 5.56 Å². The molecular weight excluding hydrogens is 272 g/mol. The van der Waals surface area contributed by atoms with Crippen LogP contribution in [-0.2, 0) is 0 Å². The summed E-state index contributed by atoms with van der Waals surface area (Å²) in [5.41, 5.74) is 2.84. The van der Waals surface area contributed by atoms with Gasteiger partial charge in [-0.1, -0.05) is 41.1 Å². The molecule has 0 unspecified atom stereocenters. The zero-order chi connectivity index (χ0) is 13.9. The highest BCUT2D eigenvalue weighted by atomic mass is 35.5. The lowest BCUT2D eigenvalue weighted by Gasteiger charge is -2.00. The van der Waals surface area contributed by atoms with Crippen molar-refractivity contribution in [3.63, 3.8) is 0 Å². The lowest BCUT2D eigenvalue weighted by Crippen LogP contribution is -1.97. The zero-order valence-corrected chi connectivity index (χ0v) is 11.1. The summed E-state index contributed by atoms with van der Waals surface area (Å²) in [5, 5.41) is 18.1. The smallest absolute Gasteiger partial charge is 0.145 e. The monoisotopic (exact) mass is 280 g/mol. The average molecular weight is 281 g/mol. The second-order valence-electron chi connectivity index (χ2n) is 4.18. The number of halogens is 1. The summed E-state index contributed by atoms with van der Waals surface area (Å²) in [4.78, 5) is 0. The number of hydrogen-bond acceptors (Lipinski definition) is 3. The summed E-state index contributed by atoms with van der Waals surface area (Å²) in [6, 6.07) is 16.9. The van der Waals surface area contributed by atoms with Gasteiger partial charge in [-0.3, -0.25) is 0 Å². The lowest BCUT2D eigenvalue weighted by molar-refractivity contribution is 0.848. The van der Waals surface area contributed by atoms with E-state index in [0.29, 0.717) is 10.7 Å². The summed E-state index contributed by atoms with van der Waals surface area (Å²) < 4.78 is 1.53. The SMILES string of the molecule is N#C/C(=C\c1ccc(Cl)cc1)n1nnc2ccccc21. The molecular formula is C15H9ClN4. The third-order valence-corrected chi connectivity index (χ3v) is 3.12. The molecule has 0 fully saturated rings. The molecule has 0 saturated heterocycles. The van der Waals surface area contributed by atoms with Gasteiger partial charge in [0.25, 0.3) is 0 Å². The molecule has 0 amide bonds. The maximum Gasteiger partial charge on any atom is 0.145 e. The van der Waals surface area contributed by atoms with Crippen LogP contribution < -0.4 is 0 Å². The Morgan fingerprint density at radius 1 is 1.15 bits per heavy atom. The molecule has 96 valence electrons. The van der Waals surface area contributed by atoms with E-state index in [2.05, 4.69) is 16.4 Å².